The minimum Gasteiger partial charge on any atom is -0.375 e. The van der Waals surface area contributed by atoms with Crippen LogP contribution in [-0.4, -0.2) is 37.7 Å². The first-order chi connectivity index (χ1) is 8.77. The highest BCUT2D eigenvalue weighted by Gasteiger charge is 2.27. The summed E-state index contributed by atoms with van der Waals surface area (Å²) in [7, 11) is 0. The minimum atomic E-state index is -0.227. The van der Waals surface area contributed by atoms with E-state index in [1.807, 2.05) is 25.1 Å². The molecule has 0 aromatic heterocycles. The van der Waals surface area contributed by atoms with Crippen molar-refractivity contribution in [3.63, 3.8) is 0 Å². The molecule has 19 heavy (non-hydrogen) atoms. The van der Waals surface area contributed by atoms with Crippen molar-refractivity contribution < 1.29 is 9.53 Å². The van der Waals surface area contributed by atoms with Crippen molar-refractivity contribution in [1.82, 2.24) is 10.6 Å². The molecule has 4 nitrogen and oxygen atoms in total. The third-order valence-corrected chi connectivity index (χ3v) is 3.15. The first-order valence-electron chi connectivity index (χ1n) is 6.44. The Morgan fingerprint density at radius 2 is 2.16 bits per heavy atom. The Morgan fingerprint density at radius 3 is 2.84 bits per heavy atom. The normalized spacial score (nSPS) is 22.4. The minimum absolute atomic E-state index is 0. The van der Waals surface area contributed by atoms with E-state index in [2.05, 4.69) is 22.8 Å². The van der Waals surface area contributed by atoms with Gasteiger partial charge in [-0.15, -0.1) is 12.4 Å². The van der Waals surface area contributed by atoms with E-state index in [1.54, 1.807) is 0 Å². The summed E-state index contributed by atoms with van der Waals surface area (Å²) < 4.78 is 5.45. The third-order valence-electron chi connectivity index (χ3n) is 3.15. The zero-order chi connectivity index (χ0) is 12.8. The Morgan fingerprint density at radius 1 is 1.42 bits per heavy atom. The van der Waals surface area contributed by atoms with Gasteiger partial charge in [-0.25, -0.2) is 0 Å². The average molecular weight is 285 g/mol. The molecule has 1 aliphatic heterocycles. The molecule has 1 aliphatic rings. The summed E-state index contributed by atoms with van der Waals surface area (Å²) in [5, 5.41) is 6.13. The molecule has 2 atom stereocenters. The van der Waals surface area contributed by atoms with Crippen LogP contribution in [0.4, 0.5) is 0 Å². The molecule has 0 spiro atoms. The summed E-state index contributed by atoms with van der Waals surface area (Å²) in [5.41, 5.74) is 1.23. The lowest BCUT2D eigenvalue weighted by Crippen LogP contribution is -2.55. The van der Waals surface area contributed by atoms with Crippen molar-refractivity contribution in [2.45, 2.75) is 25.5 Å². The molecule has 1 fully saturated rings. The number of halogens is 1. The van der Waals surface area contributed by atoms with Crippen LogP contribution < -0.4 is 10.6 Å². The molecule has 0 bridgehead atoms. The highest BCUT2D eigenvalue weighted by atomic mass is 35.5. The molecule has 2 rings (SSSR count). The first kappa shape index (κ1) is 16.0. The zero-order valence-corrected chi connectivity index (χ0v) is 11.9. The van der Waals surface area contributed by atoms with Crippen molar-refractivity contribution in [2.24, 2.45) is 0 Å². The predicted molar refractivity (Wildman–Crippen MR) is 77.6 cm³/mol. The molecule has 0 saturated carbocycles. The van der Waals surface area contributed by atoms with Crippen molar-refractivity contribution in [3.8, 4) is 0 Å². The van der Waals surface area contributed by atoms with Crippen LogP contribution >= 0.6 is 12.4 Å². The predicted octanol–water partition coefficient (Wildman–Crippen LogP) is 1.14. The Balaban J connectivity index is 0.00000180. The van der Waals surface area contributed by atoms with E-state index < -0.39 is 0 Å². The van der Waals surface area contributed by atoms with Gasteiger partial charge in [0.15, 0.2) is 0 Å². The Bertz CT molecular complexity index is 386. The van der Waals surface area contributed by atoms with E-state index >= 15 is 0 Å². The van der Waals surface area contributed by atoms with Crippen molar-refractivity contribution in [1.29, 1.82) is 0 Å². The number of hydrogen-bond acceptors (Lipinski definition) is 3. The second kappa shape index (κ2) is 8.15. The highest BCUT2D eigenvalue weighted by molar-refractivity contribution is 5.85. The van der Waals surface area contributed by atoms with Gasteiger partial charge in [-0.3, -0.25) is 4.79 Å². The Hall–Kier alpha value is -1.10. The number of benzene rings is 1. The van der Waals surface area contributed by atoms with Crippen LogP contribution in [0.2, 0.25) is 0 Å². The van der Waals surface area contributed by atoms with Gasteiger partial charge in [-0.1, -0.05) is 30.3 Å². The van der Waals surface area contributed by atoms with Crippen LogP contribution in [0.15, 0.2) is 30.3 Å². The summed E-state index contributed by atoms with van der Waals surface area (Å²) in [6.07, 6.45) is 0.796. The zero-order valence-electron chi connectivity index (χ0n) is 11.1. The molecule has 5 heteroatoms. The van der Waals surface area contributed by atoms with Crippen LogP contribution in [0.1, 0.15) is 12.5 Å². The van der Waals surface area contributed by atoms with Gasteiger partial charge < -0.3 is 15.4 Å². The average Bonchev–Trinajstić information content (AvgIpc) is 2.40. The Kier molecular flexibility index (Phi) is 6.84. The molecule has 1 heterocycles. The van der Waals surface area contributed by atoms with Gasteiger partial charge in [-0.05, 0) is 18.9 Å². The standard InChI is InChI=1S/C14H20N2O2.ClH/c1-11-13(15-9-10-18-11)14(17)16-8-7-12-5-3-2-4-6-12;/h2-6,11,13,15H,7-10H2,1H3,(H,16,17);1H/t11-,13+;/m1./s1. The highest BCUT2D eigenvalue weighted by Crippen LogP contribution is 2.04. The molecule has 0 radical (unpaired) electrons. The van der Waals surface area contributed by atoms with Gasteiger partial charge in [0.05, 0.1) is 12.7 Å². The van der Waals surface area contributed by atoms with E-state index in [4.69, 9.17) is 4.74 Å². The summed E-state index contributed by atoms with van der Waals surface area (Å²) in [5.74, 6) is 0.0260. The number of hydrogen-bond donors (Lipinski definition) is 2. The lowest BCUT2D eigenvalue weighted by Gasteiger charge is -2.29. The van der Waals surface area contributed by atoms with E-state index in [9.17, 15) is 4.79 Å². The van der Waals surface area contributed by atoms with Gasteiger partial charge in [0.1, 0.15) is 6.04 Å². The molecule has 1 amide bonds. The number of amides is 1. The second-order valence-electron chi connectivity index (χ2n) is 4.53. The molecular weight excluding hydrogens is 264 g/mol. The molecule has 1 aromatic rings. The molecular formula is C14H21ClN2O2. The van der Waals surface area contributed by atoms with Crippen LogP contribution in [0.3, 0.4) is 0 Å². The largest absolute Gasteiger partial charge is 0.375 e. The molecule has 1 saturated heterocycles. The fraction of sp³-hybridized carbons (Fsp3) is 0.500. The van der Waals surface area contributed by atoms with Gasteiger partial charge in [0, 0.05) is 13.1 Å². The maximum Gasteiger partial charge on any atom is 0.239 e. The van der Waals surface area contributed by atoms with Gasteiger partial charge in [0.25, 0.3) is 0 Å². The van der Waals surface area contributed by atoms with E-state index in [-0.39, 0.29) is 30.5 Å². The molecule has 106 valence electrons. The quantitative estimate of drug-likeness (QED) is 0.872. The number of morpholine rings is 1. The van der Waals surface area contributed by atoms with Gasteiger partial charge in [0.2, 0.25) is 5.91 Å². The smallest absolute Gasteiger partial charge is 0.239 e. The van der Waals surface area contributed by atoms with Crippen molar-refractivity contribution in [2.75, 3.05) is 19.7 Å². The fourth-order valence-electron chi connectivity index (χ4n) is 2.11. The summed E-state index contributed by atoms with van der Waals surface area (Å²) in [4.78, 5) is 11.9. The van der Waals surface area contributed by atoms with E-state index in [0.717, 1.165) is 13.0 Å². The van der Waals surface area contributed by atoms with Crippen LogP contribution in [0.25, 0.3) is 0 Å². The summed E-state index contributed by atoms with van der Waals surface area (Å²) >= 11 is 0. The monoisotopic (exact) mass is 284 g/mol. The van der Waals surface area contributed by atoms with Crippen LogP contribution in [0, 0.1) is 0 Å². The number of nitrogens with one attached hydrogen (secondary N) is 2. The number of ether oxygens (including phenoxy) is 1. The molecule has 0 aliphatic carbocycles. The van der Waals surface area contributed by atoms with Gasteiger partial charge >= 0.3 is 0 Å². The second-order valence-corrected chi connectivity index (χ2v) is 4.53. The van der Waals surface area contributed by atoms with Crippen molar-refractivity contribution in [3.05, 3.63) is 35.9 Å². The van der Waals surface area contributed by atoms with E-state index in [0.29, 0.717) is 13.2 Å². The van der Waals surface area contributed by atoms with Gasteiger partial charge in [-0.2, -0.15) is 0 Å². The number of carbonyl (C=O) groups excluding carboxylic acids is 1. The first-order valence-corrected chi connectivity index (χ1v) is 6.44. The lowest BCUT2D eigenvalue weighted by molar-refractivity contribution is -0.128. The lowest BCUT2D eigenvalue weighted by atomic mass is 10.1. The topological polar surface area (TPSA) is 50.4 Å². The number of carbonyl (C=O) groups is 1. The van der Waals surface area contributed by atoms with E-state index in [1.165, 1.54) is 5.56 Å². The SMILES string of the molecule is C[C@H]1OCCN[C@@H]1C(=O)NCCc1ccccc1.Cl. The van der Waals surface area contributed by atoms with Crippen LogP contribution in [-0.2, 0) is 16.0 Å². The Labute approximate surface area is 120 Å². The third kappa shape index (κ3) is 4.82. The van der Waals surface area contributed by atoms with Crippen LogP contribution in [0.5, 0.6) is 0 Å². The van der Waals surface area contributed by atoms with Crippen molar-refractivity contribution >= 4 is 18.3 Å². The maximum atomic E-state index is 11.9. The summed E-state index contributed by atoms with van der Waals surface area (Å²) in [6.45, 7) is 4.00. The molecule has 2 N–H and O–H groups in total. The maximum absolute atomic E-state index is 11.9. The fourth-order valence-corrected chi connectivity index (χ4v) is 2.11. The molecule has 0 unspecified atom stereocenters. The molecule has 1 aromatic carbocycles. The number of rotatable bonds is 4. The summed E-state index contributed by atoms with van der Waals surface area (Å²) in [6, 6.07) is 9.92.